The lowest BCUT2D eigenvalue weighted by molar-refractivity contribution is 0.407. The Morgan fingerprint density at radius 1 is 1.10 bits per heavy atom. The maximum Gasteiger partial charge on any atom is 0.122 e. The molecule has 0 radical (unpaired) electrons. The van der Waals surface area contributed by atoms with E-state index in [2.05, 4.69) is 32.9 Å². The normalized spacial score (nSPS) is 10.8. The van der Waals surface area contributed by atoms with E-state index in [1.165, 1.54) is 16.7 Å². The van der Waals surface area contributed by atoms with Crippen LogP contribution in [0.2, 0.25) is 0 Å². The Morgan fingerprint density at radius 2 is 1.80 bits per heavy atom. The van der Waals surface area contributed by atoms with Gasteiger partial charge >= 0.3 is 0 Å². The molecule has 2 nitrogen and oxygen atoms in total. The molecule has 0 unspecified atom stereocenters. The third-order valence-corrected chi connectivity index (χ3v) is 3.68. The molecular weight excluding hydrogens is 248 g/mol. The molecule has 0 fully saturated rings. The van der Waals surface area contributed by atoms with Gasteiger partial charge in [0, 0.05) is 6.42 Å². The topological polar surface area (TPSA) is 29.5 Å². The fourth-order valence-corrected chi connectivity index (χ4v) is 2.43. The number of hydrogen-bond donors (Lipinski definition) is 1. The van der Waals surface area contributed by atoms with Gasteiger partial charge in [-0.15, -0.1) is 0 Å². The number of ether oxygens (including phenoxy) is 1. The van der Waals surface area contributed by atoms with Crippen molar-refractivity contribution in [3.8, 4) is 11.5 Å². The Hall–Kier alpha value is -1.96. The highest BCUT2D eigenvalue weighted by Crippen LogP contribution is 2.31. The van der Waals surface area contributed by atoms with Gasteiger partial charge in [-0.05, 0) is 47.2 Å². The van der Waals surface area contributed by atoms with E-state index in [1.807, 2.05) is 18.2 Å². The molecule has 1 N–H and O–H groups in total. The van der Waals surface area contributed by atoms with Crippen molar-refractivity contribution in [2.45, 2.75) is 33.1 Å². The SMILES string of the molecule is COc1cc(C)c(Cc2ccccc2O)cc1C(C)C. The predicted molar refractivity (Wildman–Crippen MR) is 82.7 cm³/mol. The van der Waals surface area contributed by atoms with Gasteiger partial charge in [0.25, 0.3) is 0 Å². The number of rotatable bonds is 4. The molecule has 0 spiro atoms. The molecule has 2 aromatic rings. The highest BCUT2D eigenvalue weighted by Gasteiger charge is 2.12. The first-order valence-electron chi connectivity index (χ1n) is 6.97. The molecule has 0 saturated carbocycles. The summed E-state index contributed by atoms with van der Waals surface area (Å²) in [7, 11) is 1.71. The first-order valence-corrected chi connectivity index (χ1v) is 6.97. The zero-order valence-electron chi connectivity index (χ0n) is 12.6. The van der Waals surface area contributed by atoms with Crippen LogP contribution in [0.15, 0.2) is 36.4 Å². The van der Waals surface area contributed by atoms with E-state index in [0.29, 0.717) is 11.7 Å². The van der Waals surface area contributed by atoms with Crippen molar-refractivity contribution in [3.05, 3.63) is 58.7 Å². The molecule has 0 amide bonds. The van der Waals surface area contributed by atoms with Crippen molar-refractivity contribution in [2.24, 2.45) is 0 Å². The maximum absolute atomic E-state index is 9.92. The second kappa shape index (κ2) is 6.00. The number of hydrogen-bond acceptors (Lipinski definition) is 2. The molecular formula is C18H22O2. The number of benzene rings is 2. The molecule has 0 aromatic heterocycles. The van der Waals surface area contributed by atoms with E-state index in [9.17, 15) is 5.11 Å². The van der Waals surface area contributed by atoms with Crippen LogP contribution in [0.3, 0.4) is 0 Å². The molecule has 2 rings (SSSR count). The van der Waals surface area contributed by atoms with Gasteiger partial charge in [0.2, 0.25) is 0 Å². The minimum Gasteiger partial charge on any atom is -0.508 e. The van der Waals surface area contributed by atoms with Crippen LogP contribution in [0.25, 0.3) is 0 Å². The summed E-state index contributed by atoms with van der Waals surface area (Å²) in [4.78, 5) is 0. The Balaban J connectivity index is 2.42. The van der Waals surface area contributed by atoms with Crippen molar-refractivity contribution in [1.29, 1.82) is 0 Å². The van der Waals surface area contributed by atoms with E-state index in [-0.39, 0.29) is 0 Å². The van der Waals surface area contributed by atoms with Gasteiger partial charge < -0.3 is 9.84 Å². The van der Waals surface area contributed by atoms with Crippen molar-refractivity contribution in [3.63, 3.8) is 0 Å². The van der Waals surface area contributed by atoms with Gasteiger partial charge in [-0.2, -0.15) is 0 Å². The lowest BCUT2D eigenvalue weighted by atomic mass is 9.93. The standard InChI is InChI=1S/C18H22O2/c1-12(2)16-11-15(13(3)9-18(16)20-4)10-14-7-5-6-8-17(14)19/h5-9,11-12,19H,10H2,1-4H3. The molecule has 0 aliphatic rings. The van der Waals surface area contributed by atoms with Crippen LogP contribution in [0, 0.1) is 6.92 Å². The van der Waals surface area contributed by atoms with Crippen LogP contribution >= 0.6 is 0 Å². The Kier molecular flexibility index (Phi) is 4.33. The fraction of sp³-hybridized carbons (Fsp3) is 0.333. The summed E-state index contributed by atoms with van der Waals surface area (Å²) >= 11 is 0. The Morgan fingerprint density at radius 3 is 2.40 bits per heavy atom. The summed E-state index contributed by atoms with van der Waals surface area (Å²) in [5.74, 6) is 1.71. The number of aryl methyl sites for hydroxylation is 1. The molecule has 0 bridgehead atoms. The molecule has 20 heavy (non-hydrogen) atoms. The lowest BCUT2D eigenvalue weighted by Crippen LogP contribution is -2.00. The summed E-state index contributed by atoms with van der Waals surface area (Å²) in [5.41, 5.74) is 4.59. The second-order valence-corrected chi connectivity index (χ2v) is 5.48. The molecule has 0 heterocycles. The van der Waals surface area contributed by atoms with Crippen LogP contribution in [-0.4, -0.2) is 12.2 Å². The van der Waals surface area contributed by atoms with Crippen LogP contribution in [0.1, 0.15) is 42.0 Å². The quantitative estimate of drug-likeness (QED) is 0.891. The molecule has 2 heteroatoms. The highest BCUT2D eigenvalue weighted by molar-refractivity contribution is 5.47. The van der Waals surface area contributed by atoms with Crippen LogP contribution in [0.5, 0.6) is 11.5 Å². The third-order valence-electron chi connectivity index (χ3n) is 3.68. The van der Waals surface area contributed by atoms with Crippen molar-refractivity contribution < 1.29 is 9.84 Å². The molecule has 0 aliphatic heterocycles. The van der Waals surface area contributed by atoms with Crippen molar-refractivity contribution >= 4 is 0 Å². The molecule has 0 aliphatic carbocycles. The summed E-state index contributed by atoms with van der Waals surface area (Å²) in [6.45, 7) is 6.41. The number of methoxy groups -OCH3 is 1. The number of para-hydroxylation sites is 1. The van der Waals surface area contributed by atoms with Gasteiger partial charge in [-0.25, -0.2) is 0 Å². The summed E-state index contributed by atoms with van der Waals surface area (Å²) in [6, 6.07) is 11.8. The summed E-state index contributed by atoms with van der Waals surface area (Å²) in [6.07, 6.45) is 0.738. The zero-order valence-corrected chi connectivity index (χ0v) is 12.6. The Labute approximate surface area is 121 Å². The first kappa shape index (κ1) is 14.4. The number of phenols is 1. The monoisotopic (exact) mass is 270 g/mol. The second-order valence-electron chi connectivity index (χ2n) is 5.48. The van der Waals surface area contributed by atoms with E-state index in [0.717, 1.165) is 17.7 Å². The molecule has 2 aromatic carbocycles. The summed E-state index contributed by atoms with van der Waals surface area (Å²) < 4.78 is 5.47. The van der Waals surface area contributed by atoms with E-state index >= 15 is 0 Å². The average molecular weight is 270 g/mol. The third kappa shape index (κ3) is 2.96. The van der Waals surface area contributed by atoms with Gasteiger partial charge in [-0.1, -0.05) is 38.1 Å². The van der Waals surface area contributed by atoms with Gasteiger partial charge in [0.1, 0.15) is 11.5 Å². The number of phenolic OH excluding ortho intramolecular Hbond substituents is 1. The molecule has 106 valence electrons. The number of aromatic hydroxyl groups is 1. The van der Waals surface area contributed by atoms with Gasteiger partial charge in [0.05, 0.1) is 7.11 Å². The lowest BCUT2D eigenvalue weighted by Gasteiger charge is -2.16. The highest BCUT2D eigenvalue weighted by atomic mass is 16.5. The van der Waals surface area contributed by atoms with Crippen molar-refractivity contribution in [1.82, 2.24) is 0 Å². The minimum atomic E-state index is 0.355. The van der Waals surface area contributed by atoms with Crippen LogP contribution in [0.4, 0.5) is 0 Å². The predicted octanol–water partition coefficient (Wildman–Crippen LogP) is 4.42. The average Bonchev–Trinajstić information content (AvgIpc) is 2.42. The molecule has 0 atom stereocenters. The van der Waals surface area contributed by atoms with Crippen LogP contribution in [-0.2, 0) is 6.42 Å². The largest absolute Gasteiger partial charge is 0.508 e. The van der Waals surface area contributed by atoms with Gasteiger partial charge in [0.15, 0.2) is 0 Å². The van der Waals surface area contributed by atoms with Crippen LogP contribution < -0.4 is 4.74 Å². The Bertz CT molecular complexity index is 600. The first-order chi connectivity index (χ1) is 9.52. The molecule has 0 saturated heterocycles. The zero-order chi connectivity index (χ0) is 14.7. The fourth-order valence-electron chi connectivity index (χ4n) is 2.43. The van der Waals surface area contributed by atoms with E-state index in [1.54, 1.807) is 13.2 Å². The van der Waals surface area contributed by atoms with Crippen molar-refractivity contribution in [2.75, 3.05) is 7.11 Å². The minimum absolute atomic E-state index is 0.355. The van der Waals surface area contributed by atoms with Gasteiger partial charge in [-0.3, -0.25) is 0 Å². The van der Waals surface area contributed by atoms with E-state index in [4.69, 9.17) is 4.74 Å². The van der Waals surface area contributed by atoms with E-state index < -0.39 is 0 Å². The summed E-state index contributed by atoms with van der Waals surface area (Å²) in [5, 5.41) is 9.92. The maximum atomic E-state index is 9.92. The smallest absolute Gasteiger partial charge is 0.122 e.